The normalized spacial score (nSPS) is 11.6. The molecular formula is C7H9PS4. The average molecular weight is 252 g/mol. The Bertz CT molecular complexity index is 317. The molecule has 12 heavy (non-hydrogen) atoms. The summed E-state index contributed by atoms with van der Waals surface area (Å²) in [5.41, 5.74) is 1.24. The van der Waals surface area contributed by atoms with Crippen molar-refractivity contribution >= 4 is 51.3 Å². The minimum absolute atomic E-state index is 1.19. The lowest BCUT2D eigenvalue weighted by atomic mass is 10.2. The molecule has 0 fully saturated rings. The summed E-state index contributed by atoms with van der Waals surface area (Å²) in [5, 5.41) is 0. The molecule has 0 aliphatic heterocycles. The first kappa shape index (κ1) is 11.0. The number of hydrogen-bond donors (Lipinski definition) is 2. The minimum Gasteiger partial charge on any atom is -0.121 e. The highest BCUT2D eigenvalue weighted by molar-refractivity contribution is 9.17. The van der Waals surface area contributed by atoms with Gasteiger partial charge in [-0.25, -0.2) is 0 Å². The van der Waals surface area contributed by atoms with Gasteiger partial charge < -0.3 is 0 Å². The number of rotatable bonds is 2. The molecule has 0 spiro atoms. The fourth-order valence-corrected chi connectivity index (χ4v) is 5.08. The standard InChI is InChI=1S/C7H9PS4/c1-6-4-2-3-5-7(6)12-8(9,10)11/h2-5H,1H3,(H2,9,10,11). The van der Waals surface area contributed by atoms with Gasteiger partial charge in [0.25, 0.3) is 0 Å². The van der Waals surface area contributed by atoms with Crippen LogP contribution in [0.5, 0.6) is 0 Å². The molecule has 0 aliphatic rings. The Morgan fingerprint density at radius 2 is 1.92 bits per heavy atom. The predicted molar refractivity (Wildman–Crippen MR) is 69.3 cm³/mol. The van der Waals surface area contributed by atoms with Crippen LogP contribution in [0.15, 0.2) is 29.2 Å². The molecule has 0 N–H and O–H groups in total. The number of aryl methyl sites for hydroxylation is 1. The smallest absolute Gasteiger partial charge is 0.108 e. The largest absolute Gasteiger partial charge is 0.121 e. The third-order valence-corrected chi connectivity index (χ3v) is 5.65. The van der Waals surface area contributed by atoms with Gasteiger partial charge in [0.05, 0.1) is 0 Å². The first-order chi connectivity index (χ1) is 5.49. The van der Waals surface area contributed by atoms with Crippen molar-refractivity contribution in [2.45, 2.75) is 11.8 Å². The van der Waals surface area contributed by atoms with Crippen molar-refractivity contribution in [3.05, 3.63) is 29.8 Å². The second-order valence-electron chi connectivity index (χ2n) is 2.35. The maximum atomic E-state index is 5.13. The summed E-state index contributed by atoms with van der Waals surface area (Å²) >= 11 is 15.2. The first-order valence-corrected chi connectivity index (χ1v) is 9.83. The summed E-state index contributed by atoms with van der Waals surface area (Å²) in [5.74, 6) is 0. The van der Waals surface area contributed by atoms with Gasteiger partial charge in [-0.2, -0.15) is 0 Å². The first-order valence-electron chi connectivity index (χ1n) is 3.30. The fourth-order valence-electron chi connectivity index (χ4n) is 0.787. The van der Waals surface area contributed by atoms with Crippen molar-refractivity contribution in [1.82, 2.24) is 0 Å². The topological polar surface area (TPSA) is 0 Å². The van der Waals surface area contributed by atoms with Gasteiger partial charge in [0.2, 0.25) is 0 Å². The molecule has 0 bridgehead atoms. The molecular weight excluding hydrogens is 243 g/mol. The predicted octanol–water partition coefficient (Wildman–Crippen LogP) is 4.17. The van der Waals surface area contributed by atoms with E-state index in [1.807, 2.05) is 18.2 Å². The summed E-state index contributed by atoms with van der Waals surface area (Å²) < 4.78 is -1.78. The Hall–Kier alpha value is 0.920. The molecule has 5 heteroatoms. The van der Waals surface area contributed by atoms with E-state index in [1.165, 1.54) is 10.5 Å². The van der Waals surface area contributed by atoms with Crippen molar-refractivity contribution in [3.63, 3.8) is 0 Å². The zero-order chi connectivity index (χ0) is 9.19. The van der Waals surface area contributed by atoms with Gasteiger partial charge in [-0.3, -0.25) is 0 Å². The summed E-state index contributed by atoms with van der Waals surface area (Å²) in [6.07, 6.45) is 0. The van der Waals surface area contributed by atoms with E-state index in [0.29, 0.717) is 0 Å². The van der Waals surface area contributed by atoms with E-state index in [2.05, 4.69) is 37.5 Å². The van der Waals surface area contributed by atoms with Crippen LogP contribution in [0.4, 0.5) is 0 Å². The van der Waals surface area contributed by atoms with Gasteiger partial charge in [-0.1, -0.05) is 41.4 Å². The van der Waals surface area contributed by atoms with Crippen molar-refractivity contribution in [2.75, 3.05) is 0 Å². The van der Waals surface area contributed by atoms with Crippen molar-refractivity contribution in [1.29, 1.82) is 0 Å². The third-order valence-electron chi connectivity index (χ3n) is 1.31. The Kier molecular flexibility index (Phi) is 4.06. The molecule has 66 valence electrons. The fraction of sp³-hybridized carbons (Fsp3) is 0.143. The van der Waals surface area contributed by atoms with E-state index in [9.17, 15) is 0 Å². The summed E-state index contributed by atoms with van der Waals surface area (Å²) in [6, 6.07) is 8.13. The van der Waals surface area contributed by atoms with Gasteiger partial charge in [0.15, 0.2) is 0 Å². The Balaban J connectivity index is 2.90. The molecule has 0 amide bonds. The zero-order valence-corrected chi connectivity index (χ0v) is 10.8. The molecule has 0 radical (unpaired) electrons. The van der Waals surface area contributed by atoms with Crippen LogP contribution >= 0.6 is 39.5 Å². The van der Waals surface area contributed by atoms with Crippen LogP contribution in [-0.2, 0) is 11.8 Å². The number of hydrogen-bond acceptors (Lipinski definition) is 2. The monoisotopic (exact) mass is 252 g/mol. The third kappa shape index (κ3) is 3.75. The molecule has 0 atom stereocenters. The molecule has 1 aromatic carbocycles. The minimum atomic E-state index is -1.78. The lowest BCUT2D eigenvalue weighted by molar-refractivity contribution is 1.31. The lowest BCUT2D eigenvalue weighted by Gasteiger charge is -2.09. The van der Waals surface area contributed by atoms with Crippen LogP contribution < -0.4 is 0 Å². The highest BCUT2D eigenvalue weighted by Gasteiger charge is 2.08. The summed E-state index contributed by atoms with van der Waals surface area (Å²) in [7, 11) is 0. The van der Waals surface area contributed by atoms with Gasteiger partial charge in [-0.05, 0) is 18.6 Å². The van der Waals surface area contributed by atoms with Crippen LogP contribution in [0.2, 0.25) is 0 Å². The van der Waals surface area contributed by atoms with Crippen LogP contribution in [0.1, 0.15) is 5.56 Å². The second kappa shape index (κ2) is 4.43. The van der Waals surface area contributed by atoms with Crippen LogP contribution in [0, 0.1) is 6.92 Å². The number of thiol groups is 2. The van der Waals surface area contributed by atoms with E-state index in [0.717, 1.165) is 0 Å². The SMILES string of the molecule is Cc1ccccc1SP(=S)(S)S. The second-order valence-corrected chi connectivity index (χ2v) is 16.3. The summed E-state index contributed by atoms with van der Waals surface area (Å²) in [6.45, 7) is 2.06. The molecule has 0 aromatic heterocycles. The lowest BCUT2D eigenvalue weighted by Crippen LogP contribution is -1.74. The van der Waals surface area contributed by atoms with Gasteiger partial charge in [-0.15, -0.1) is 24.5 Å². The molecule has 0 saturated carbocycles. The average Bonchev–Trinajstić information content (AvgIpc) is 1.91. The Morgan fingerprint density at radius 1 is 1.33 bits per heavy atom. The van der Waals surface area contributed by atoms with Crippen molar-refractivity contribution in [2.24, 2.45) is 0 Å². The molecule has 0 heterocycles. The van der Waals surface area contributed by atoms with E-state index in [-0.39, 0.29) is 0 Å². The van der Waals surface area contributed by atoms with Crippen LogP contribution in [-0.4, -0.2) is 0 Å². The van der Waals surface area contributed by atoms with Crippen molar-refractivity contribution < 1.29 is 0 Å². The summed E-state index contributed by atoms with van der Waals surface area (Å²) in [4.78, 5) is 1.19. The van der Waals surface area contributed by atoms with E-state index in [1.54, 1.807) is 11.4 Å². The molecule has 0 aliphatic carbocycles. The van der Waals surface area contributed by atoms with E-state index in [4.69, 9.17) is 11.8 Å². The maximum absolute atomic E-state index is 5.13. The zero-order valence-electron chi connectivity index (χ0n) is 6.47. The van der Waals surface area contributed by atoms with Gasteiger partial charge >= 0.3 is 0 Å². The molecule has 0 nitrogen and oxygen atoms in total. The quantitative estimate of drug-likeness (QED) is 0.599. The van der Waals surface area contributed by atoms with E-state index < -0.39 is 3.64 Å². The molecule has 0 saturated heterocycles. The molecule has 1 rings (SSSR count). The van der Waals surface area contributed by atoms with E-state index >= 15 is 0 Å². The molecule has 1 aromatic rings. The van der Waals surface area contributed by atoms with Crippen LogP contribution in [0.25, 0.3) is 0 Å². The number of benzene rings is 1. The Morgan fingerprint density at radius 3 is 2.42 bits per heavy atom. The van der Waals surface area contributed by atoms with Gasteiger partial charge in [0, 0.05) is 4.90 Å². The Labute approximate surface area is 92.6 Å². The van der Waals surface area contributed by atoms with Crippen molar-refractivity contribution in [3.8, 4) is 0 Å². The highest BCUT2D eigenvalue weighted by atomic mass is 33.5. The maximum Gasteiger partial charge on any atom is 0.108 e. The molecule has 0 unspecified atom stereocenters. The van der Waals surface area contributed by atoms with Gasteiger partial charge in [0.1, 0.15) is 3.64 Å². The van der Waals surface area contributed by atoms with Crippen LogP contribution in [0.3, 0.4) is 0 Å². The highest BCUT2D eigenvalue weighted by Crippen LogP contribution is 2.70.